The molecule has 37 heavy (non-hydrogen) atoms. The van der Waals surface area contributed by atoms with Gasteiger partial charge in [0.15, 0.2) is 6.29 Å². The molecular weight excluding hydrogens is 464 g/mol. The van der Waals surface area contributed by atoms with Gasteiger partial charge >= 0.3 is 0 Å². The lowest BCUT2D eigenvalue weighted by Gasteiger charge is -2.29. The van der Waals surface area contributed by atoms with Crippen LogP contribution in [0, 0.1) is 0 Å². The Kier molecular flexibility index (Phi) is 7.74. The molecule has 7 heteroatoms. The Morgan fingerprint density at radius 1 is 1.19 bits per heavy atom. The minimum atomic E-state index is -0.985. The monoisotopic (exact) mass is 500 g/mol. The van der Waals surface area contributed by atoms with E-state index in [2.05, 4.69) is 82.7 Å². The molecule has 0 fully saturated rings. The van der Waals surface area contributed by atoms with Gasteiger partial charge in [-0.2, -0.15) is 0 Å². The highest BCUT2D eigenvalue weighted by molar-refractivity contribution is 5.71. The number of rotatable bonds is 8. The number of likely N-dealkylation sites (N-methyl/N-ethyl adjacent to an activating group) is 1. The summed E-state index contributed by atoms with van der Waals surface area (Å²) in [6.07, 6.45) is 6.75. The fourth-order valence-electron chi connectivity index (χ4n) is 5.08. The standard InChI is InChI=1S/C30H36N4O3/c1-33-15-11-22(12-16-33)21-4-6-24(7-5-21)34(2)25-8-9-26-23(13-17-37-29(26)18-25)19-32-28-20-31-14-10-27(28)30(35)36-3/h4-11,14,18,20,23,30,32,35H,12-13,15-17,19H2,1-3H3/t23-,30?/m0/s1. The van der Waals surface area contributed by atoms with Gasteiger partial charge in [0.05, 0.1) is 18.5 Å². The number of fused-ring (bicyclic) bond motifs is 1. The van der Waals surface area contributed by atoms with Crippen LogP contribution in [0.5, 0.6) is 5.75 Å². The number of aliphatic hydroxyl groups excluding tert-OH is 1. The molecule has 0 radical (unpaired) electrons. The molecule has 2 N–H and O–H groups in total. The van der Waals surface area contributed by atoms with Crippen molar-refractivity contribution in [2.24, 2.45) is 0 Å². The highest BCUT2D eigenvalue weighted by atomic mass is 16.6. The molecule has 2 aliphatic heterocycles. The molecule has 3 heterocycles. The number of methoxy groups -OCH3 is 1. The summed E-state index contributed by atoms with van der Waals surface area (Å²) in [6, 6.07) is 17.1. The fourth-order valence-corrected chi connectivity index (χ4v) is 5.08. The van der Waals surface area contributed by atoms with Crippen molar-refractivity contribution in [3.63, 3.8) is 0 Å². The van der Waals surface area contributed by atoms with E-state index in [-0.39, 0.29) is 5.92 Å². The zero-order chi connectivity index (χ0) is 25.8. The normalized spacial score (nSPS) is 18.4. The summed E-state index contributed by atoms with van der Waals surface area (Å²) in [7, 11) is 5.75. The molecule has 2 atom stereocenters. The third kappa shape index (κ3) is 5.64. The number of pyridine rings is 1. The number of anilines is 3. The van der Waals surface area contributed by atoms with Gasteiger partial charge in [0.1, 0.15) is 5.75 Å². The molecule has 1 unspecified atom stereocenters. The maximum absolute atomic E-state index is 10.2. The molecule has 2 aromatic carbocycles. The van der Waals surface area contributed by atoms with Crippen LogP contribution < -0.4 is 15.0 Å². The largest absolute Gasteiger partial charge is 0.493 e. The van der Waals surface area contributed by atoms with E-state index in [0.717, 1.165) is 48.7 Å². The molecule has 1 aromatic heterocycles. The second-order valence-corrected chi connectivity index (χ2v) is 9.84. The van der Waals surface area contributed by atoms with E-state index in [1.165, 1.54) is 23.8 Å². The van der Waals surface area contributed by atoms with Crippen LogP contribution in [0.2, 0.25) is 0 Å². The van der Waals surface area contributed by atoms with E-state index in [1.807, 2.05) is 0 Å². The highest BCUT2D eigenvalue weighted by Gasteiger charge is 2.23. The highest BCUT2D eigenvalue weighted by Crippen LogP contribution is 2.38. The average molecular weight is 501 g/mol. The van der Waals surface area contributed by atoms with E-state index in [0.29, 0.717) is 18.7 Å². The molecule has 5 rings (SSSR count). The molecule has 3 aromatic rings. The van der Waals surface area contributed by atoms with E-state index in [1.54, 1.807) is 18.5 Å². The quantitative estimate of drug-likeness (QED) is 0.413. The maximum atomic E-state index is 10.2. The average Bonchev–Trinajstić information content (AvgIpc) is 2.95. The molecular formula is C30H36N4O3. The molecule has 7 nitrogen and oxygen atoms in total. The van der Waals surface area contributed by atoms with Gasteiger partial charge in [-0.15, -0.1) is 0 Å². The van der Waals surface area contributed by atoms with Crippen LogP contribution in [0.4, 0.5) is 17.1 Å². The Balaban J connectivity index is 1.28. The molecule has 2 aliphatic rings. The molecule has 194 valence electrons. The third-order valence-electron chi connectivity index (χ3n) is 7.47. The van der Waals surface area contributed by atoms with Crippen LogP contribution in [-0.2, 0) is 4.74 Å². The zero-order valence-electron chi connectivity index (χ0n) is 21.9. The number of hydrogen-bond acceptors (Lipinski definition) is 7. The first-order valence-corrected chi connectivity index (χ1v) is 12.9. The van der Waals surface area contributed by atoms with E-state index in [9.17, 15) is 5.11 Å². The summed E-state index contributed by atoms with van der Waals surface area (Å²) in [5.74, 6) is 1.22. The van der Waals surface area contributed by atoms with Crippen molar-refractivity contribution in [3.8, 4) is 5.75 Å². The number of benzene rings is 2. The van der Waals surface area contributed by atoms with Gasteiger partial charge in [-0.1, -0.05) is 24.3 Å². The van der Waals surface area contributed by atoms with E-state index in [4.69, 9.17) is 9.47 Å². The second kappa shape index (κ2) is 11.3. The van der Waals surface area contributed by atoms with Crippen LogP contribution in [0.25, 0.3) is 5.57 Å². The van der Waals surface area contributed by atoms with Gasteiger partial charge in [-0.3, -0.25) is 4.98 Å². The first-order chi connectivity index (χ1) is 18.0. The minimum Gasteiger partial charge on any atom is -0.493 e. The lowest BCUT2D eigenvalue weighted by molar-refractivity contribution is -0.0764. The Bertz CT molecular complexity index is 1240. The fraction of sp³-hybridized carbons (Fsp3) is 0.367. The van der Waals surface area contributed by atoms with Crippen molar-refractivity contribution in [2.45, 2.75) is 25.0 Å². The minimum absolute atomic E-state index is 0.290. The summed E-state index contributed by atoms with van der Waals surface area (Å²) >= 11 is 0. The topological polar surface area (TPSA) is 70.1 Å². The summed E-state index contributed by atoms with van der Waals surface area (Å²) in [6.45, 7) is 3.51. The van der Waals surface area contributed by atoms with Gasteiger partial charge in [0, 0.05) is 68.9 Å². The Morgan fingerprint density at radius 3 is 2.76 bits per heavy atom. The van der Waals surface area contributed by atoms with Crippen LogP contribution in [0.3, 0.4) is 0 Å². The van der Waals surface area contributed by atoms with E-state index < -0.39 is 6.29 Å². The number of nitrogens with one attached hydrogen (secondary N) is 1. The van der Waals surface area contributed by atoms with Crippen molar-refractivity contribution in [1.29, 1.82) is 0 Å². The number of aliphatic hydroxyl groups is 1. The molecule has 0 aliphatic carbocycles. The van der Waals surface area contributed by atoms with Crippen molar-refractivity contribution in [2.75, 3.05) is 57.7 Å². The van der Waals surface area contributed by atoms with Gasteiger partial charge in [-0.05, 0) is 60.9 Å². The Morgan fingerprint density at radius 2 is 2.00 bits per heavy atom. The Labute approximate surface area is 219 Å². The van der Waals surface area contributed by atoms with Crippen LogP contribution in [0.15, 0.2) is 67.0 Å². The molecule has 0 saturated heterocycles. The van der Waals surface area contributed by atoms with Gasteiger partial charge in [0.2, 0.25) is 0 Å². The summed E-state index contributed by atoms with van der Waals surface area (Å²) in [5, 5.41) is 13.6. The van der Waals surface area contributed by atoms with Crippen molar-refractivity contribution in [1.82, 2.24) is 9.88 Å². The van der Waals surface area contributed by atoms with Gasteiger partial charge in [0.25, 0.3) is 0 Å². The van der Waals surface area contributed by atoms with Crippen LogP contribution in [0.1, 0.15) is 41.7 Å². The second-order valence-electron chi connectivity index (χ2n) is 9.84. The third-order valence-corrected chi connectivity index (χ3v) is 7.47. The summed E-state index contributed by atoms with van der Waals surface area (Å²) < 4.78 is 11.2. The number of aromatic nitrogens is 1. The zero-order valence-corrected chi connectivity index (χ0v) is 21.9. The number of nitrogens with zero attached hydrogens (tertiary/aromatic N) is 3. The maximum Gasteiger partial charge on any atom is 0.182 e. The van der Waals surface area contributed by atoms with Crippen LogP contribution in [-0.4, -0.2) is 62.4 Å². The van der Waals surface area contributed by atoms with Crippen molar-refractivity contribution < 1.29 is 14.6 Å². The molecule has 0 saturated carbocycles. The first-order valence-electron chi connectivity index (χ1n) is 12.9. The summed E-state index contributed by atoms with van der Waals surface area (Å²) in [4.78, 5) is 8.74. The molecule has 0 amide bonds. The Hall–Kier alpha value is -3.39. The van der Waals surface area contributed by atoms with Crippen molar-refractivity contribution >= 4 is 22.6 Å². The van der Waals surface area contributed by atoms with Gasteiger partial charge in [-0.25, -0.2) is 0 Å². The van der Waals surface area contributed by atoms with Crippen molar-refractivity contribution in [3.05, 3.63) is 83.7 Å². The first kappa shape index (κ1) is 25.3. The lowest BCUT2D eigenvalue weighted by atomic mass is 9.92. The lowest BCUT2D eigenvalue weighted by Crippen LogP contribution is -2.23. The SMILES string of the molecule is COC(O)c1ccncc1NC[C@@H]1CCOc2cc(N(C)c3ccc(C4=CCN(C)CC4)cc3)ccc21. The van der Waals surface area contributed by atoms with Crippen LogP contribution >= 0.6 is 0 Å². The van der Waals surface area contributed by atoms with Gasteiger partial charge < -0.3 is 29.7 Å². The summed E-state index contributed by atoms with van der Waals surface area (Å²) in [5.41, 5.74) is 7.63. The predicted octanol–water partition coefficient (Wildman–Crippen LogP) is 5.18. The predicted molar refractivity (Wildman–Crippen MR) is 149 cm³/mol. The number of hydrogen-bond donors (Lipinski definition) is 2. The molecule has 0 spiro atoms. The van der Waals surface area contributed by atoms with E-state index >= 15 is 0 Å². The molecule has 0 bridgehead atoms. The smallest absolute Gasteiger partial charge is 0.182 e. The number of ether oxygens (including phenoxy) is 2.